The lowest BCUT2D eigenvalue weighted by molar-refractivity contribution is -0.109. The van der Waals surface area contributed by atoms with Crippen LogP contribution in [0.25, 0.3) is 0 Å². The molecule has 0 aliphatic heterocycles. The van der Waals surface area contributed by atoms with Crippen molar-refractivity contribution in [2.45, 2.75) is 18.6 Å². The van der Waals surface area contributed by atoms with Crippen molar-refractivity contribution in [1.82, 2.24) is 0 Å². The molecule has 0 radical (unpaired) electrons. The molecule has 2 N–H and O–H groups in total. The van der Waals surface area contributed by atoms with Gasteiger partial charge in [0, 0.05) is 0 Å². The number of hydrogen-bond acceptors (Lipinski definition) is 2. The standard InChI is InChI=1S/C11H14O2/c12-10-6-2-1-3-5-4(2)8(10)9(5)11(13)7(3)6/h2-13H,1H2/t2-,3-,4+,5+,6-,7+,8-,9-,10-,11+/m1/s1. The summed E-state index contributed by atoms with van der Waals surface area (Å²) in [6.07, 6.45) is 1.28. The van der Waals surface area contributed by atoms with Crippen LogP contribution >= 0.6 is 0 Å². The molecule has 2 heteroatoms. The highest BCUT2D eigenvalue weighted by Crippen LogP contribution is 2.82. The highest BCUT2D eigenvalue weighted by atomic mass is 16.3. The van der Waals surface area contributed by atoms with Crippen LogP contribution in [-0.4, -0.2) is 22.4 Å². The number of rotatable bonds is 0. The Labute approximate surface area is 76.9 Å². The van der Waals surface area contributed by atoms with Crippen LogP contribution in [0.3, 0.4) is 0 Å². The molecule has 10 atom stereocenters. The van der Waals surface area contributed by atoms with Crippen molar-refractivity contribution in [1.29, 1.82) is 0 Å². The third kappa shape index (κ3) is 0.375. The maximum absolute atomic E-state index is 10.1. The molecule has 5 fully saturated rings. The van der Waals surface area contributed by atoms with E-state index in [-0.39, 0.29) is 12.2 Å². The molecule has 0 unspecified atom stereocenters. The van der Waals surface area contributed by atoms with Gasteiger partial charge in [-0.15, -0.1) is 0 Å². The van der Waals surface area contributed by atoms with E-state index in [0.717, 1.165) is 23.7 Å². The molecule has 2 nitrogen and oxygen atoms in total. The van der Waals surface area contributed by atoms with Gasteiger partial charge in [0.05, 0.1) is 12.2 Å². The van der Waals surface area contributed by atoms with E-state index in [2.05, 4.69) is 0 Å². The summed E-state index contributed by atoms with van der Waals surface area (Å²) in [7, 11) is 0. The monoisotopic (exact) mass is 178 g/mol. The van der Waals surface area contributed by atoms with Gasteiger partial charge in [-0.25, -0.2) is 0 Å². The molecule has 5 saturated carbocycles. The van der Waals surface area contributed by atoms with E-state index in [9.17, 15) is 10.2 Å². The molecule has 0 spiro atoms. The largest absolute Gasteiger partial charge is 0.393 e. The Bertz CT molecular complexity index is 281. The fourth-order valence-corrected chi connectivity index (χ4v) is 6.44. The summed E-state index contributed by atoms with van der Waals surface area (Å²) in [6, 6.07) is 0. The van der Waals surface area contributed by atoms with Gasteiger partial charge in [-0.3, -0.25) is 0 Å². The minimum atomic E-state index is -0.0304. The first-order chi connectivity index (χ1) is 6.30. The highest BCUT2D eigenvalue weighted by molar-refractivity contribution is 5.30. The van der Waals surface area contributed by atoms with Gasteiger partial charge in [0.15, 0.2) is 0 Å². The van der Waals surface area contributed by atoms with Crippen LogP contribution in [0.15, 0.2) is 0 Å². The van der Waals surface area contributed by atoms with Crippen LogP contribution in [0.4, 0.5) is 0 Å². The molecule has 5 aliphatic rings. The van der Waals surface area contributed by atoms with Gasteiger partial charge in [0.2, 0.25) is 0 Å². The molecule has 2 bridgehead atoms. The molecule has 0 amide bonds. The van der Waals surface area contributed by atoms with Crippen molar-refractivity contribution in [2.75, 3.05) is 0 Å². The average molecular weight is 178 g/mol. The Morgan fingerprint density at radius 2 is 1.08 bits per heavy atom. The Morgan fingerprint density at radius 3 is 1.54 bits per heavy atom. The first-order valence-electron chi connectivity index (χ1n) is 5.67. The van der Waals surface area contributed by atoms with Crippen LogP contribution in [0, 0.1) is 47.3 Å². The van der Waals surface area contributed by atoms with Gasteiger partial charge in [-0.1, -0.05) is 0 Å². The van der Waals surface area contributed by atoms with Crippen molar-refractivity contribution in [3.05, 3.63) is 0 Å². The van der Waals surface area contributed by atoms with Gasteiger partial charge in [0.1, 0.15) is 0 Å². The predicted molar refractivity (Wildman–Crippen MR) is 44.6 cm³/mol. The zero-order chi connectivity index (χ0) is 8.48. The summed E-state index contributed by atoms with van der Waals surface area (Å²) in [4.78, 5) is 0. The van der Waals surface area contributed by atoms with Crippen molar-refractivity contribution in [2.24, 2.45) is 47.3 Å². The Kier molecular flexibility index (Phi) is 0.733. The molecule has 0 saturated heterocycles. The Hall–Kier alpha value is -0.0800. The van der Waals surface area contributed by atoms with Gasteiger partial charge in [-0.05, 0) is 53.8 Å². The topological polar surface area (TPSA) is 40.5 Å². The lowest BCUT2D eigenvalue weighted by Gasteiger charge is -2.47. The quantitative estimate of drug-likeness (QED) is 0.552. The molecule has 13 heavy (non-hydrogen) atoms. The number of aliphatic hydroxyl groups excluding tert-OH is 2. The zero-order valence-corrected chi connectivity index (χ0v) is 7.38. The molecule has 0 heterocycles. The molecule has 70 valence electrons. The van der Waals surface area contributed by atoms with Crippen LogP contribution in [0.2, 0.25) is 0 Å². The first-order valence-corrected chi connectivity index (χ1v) is 5.67. The lowest BCUT2D eigenvalue weighted by atomic mass is 9.58. The van der Waals surface area contributed by atoms with Gasteiger partial charge in [-0.2, -0.15) is 0 Å². The zero-order valence-electron chi connectivity index (χ0n) is 7.38. The number of hydrogen-bond donors (Lipinski definition) is 2. The van der Waals surface area contributed by atoms with Crippen LogP contribution in [0.1, 0.15) is 6.42 Å². The highest BCUT2D eigenvalue weighted by Gasteiger charge is 2.83. The first kappa shape index (κ1) is 6.41. The fraction of sp³-hybridized carbons (Fsp3) is 1.00. The van der Waals surface area contributed by atoms with E-state index in [1.165, 1.54) is 6.42 Å². The maximum Gasteiger partial charge on any atom is 0.0609 e. The fourth-order valence-electron chi connectivity index (χ4n) is 6.44. The SMILES string of the molecule is O[C@@H]1[C@H]2[C@@H]3[C@H](O)[C@@H]4[C@@H]5C[C@H]([C@H]2[C@H]53)[C@H]14. The van der Waals surface area contributed by atoms with Crippen LogP contribution < -0.4 is 0 Å². The second kappa shape index (κ2) is 1.49. The number of aliphatic hydroxyl groups is 2. The van der Waals surface area contributed by atoms with Gasteiger partial charge < -0.3 is 10.2 Å². The predicted octanol–water partition coefficient (Wildman–Crippen LogP) is 0.0959. The molecule has 0 aromatic rings. The minimum absolute atomic E-state index is 0.0304. The lowest BCUT2D eigenvalue weighted by Crippen LogP contribution is -2.51. The summed E-state index contributed by atoms with van der Waals surface area (Å²) in [5.74, 6) is 5.33. The summed E-state index contributed by atoms with van der Waals surface area (Å²) in [6.45, 7) is 0. The second-order valence-corrected chi connectivity index (χ2v) is 6.01. The van der Waals surface area contributed by atoms with E-state index in [1.54, 1.807) is 0 Å². The molecular weight excluding hydrogens is 164 g/mol. The smallest absolute Gasteiger partial charge is 0.0609 e. The summed E-state index contributed by atoms with van der Waals surface area (Å²) < 4.78 is 0. The second-order valence-electron chi connectivity index (χ2n) is 6.01. The van der Waals surface area contributed by atoms with Gasteiger partial charge in [0.25, 0.3) is 0 Å². The van der Waals surface area contributed by atoms with Gasteiger partial charge >= 0.3 is 0 Å². The van der Waals surface area contributed by atoms with Crippen molar-refractivity contribution >= 4 is 0 Å². The normalized spacial score (nSPS) is 85.4. The molecular formula is C11H14O2. The van der Waals surface area contributed by atoms with Crippen molar-refractivity contribution in [3.63, 3.8) is 0 Å². The summed E-state index contributed by atoms with van der Waals surface area (Å²) >= 11 is 0. The van der Waals surface area contributed by atoms with E-state index in [1.807, 2.05) is 0 Å². The molecule has 5 aliphatic carbocycles. The van der Waals surface area contributed by atoms with Crippen LogP contribution in [-0.2, 0) is 0 Å². The van der Waals surface area contributed by atoms with E-state index in [0.29, 0.717) is 23.7 Å². The molecule has 0 aromatic carbocycles. The minimum Gasteiger partial charge on any atom is -0.393 e. The molecule has 0 aromatic heterocycles. The summed E-state index contributed by atoms with van der Waals surface area (Å²) in [5.41, 5.74) is 0. The third-order valence-electron chi connectivity index (χ3n) is 6.32. The van der Waals surface area contributed by atoms with Crippen molar-refractivity contribution in [3.8, 4) is 0 Å². The van der Waals surface area contributed by atoms with E-state index >= 15 is 0 Å². The summed E-state index contributed by atoms with van der Waals surface area (Å²) in [5, 5.41) is 20.2. The molecule has 5 rings (SSSR count). The average Bonchev–Trinajstić information content (AvgIpc) is 2.52. The van der Waals surface area contributed by atoms with Crippen LogP contribution in [0.5, 0.6) is 0 Å². The maximum atomic E-state index is 10.1. The number of fused-ring (bicyclic) bond motifs is 2. The Balaban J connectivity index is 1.83. The third-order valence-corrected chi connectivity index (χ3v) is 6.32. The van der Waals surface area contributed by atoms with E-state index in [4.69, 9.17) is 0 Å². The van der Waals surface area contributed by atoms with E-state index < -0.39 is 0 Å². The van der Waals surface area contributed by atoms with Crippen molar-refractivity contribution < 1.29 is 10.2 Å². The Morgan fingerprint density at radius 1 is 0.615 bits per heavy atom.